The van der Waals surface area contributed by atoms with Crippen LogP contribution >= 0.6 is 11.6 Å². The third-order valence-corrected chi connectivity index (χ3v) is 3.07. The largest absolute Gasteiger partial charge is 0.350 e. The fraction of sp³-hybridized carbons (Fsp3) is 0.0714. The Labute approximate surface area is 121 Å². The summed E-state index contributed by atoms with van der Waals surface area (Å²) in [4.78, 5) is 8.24. The minimum atomic E-state index is 0.586. The number of aromatic amines is 1. The molecule has 100 valence electrons. The van der Waals surface area contributed by atoms with Crippen LogP contribution in [0.15, 0.2) is 48.9 Å². The van der Waals surface area contributed by atoms with Crippen LogP contribution < -0.4 is 5.32 Å². The molecule has 0 saturated heterocycles. The number of hydrogen-bond donors (Lipinski definition) is 2. The van der Waals surface area contributed by atoms with Gasteiger partial charge in [0.15, 0.2) is 0 Å². The van der Waals surface area contributed by atoms with Gasteiger partial charge in [0, 0.05) is 35.1 Å². The van der Waals surface area contributed by atoms with Crippen molar-refractivity contribution in [3.05, 3.63) is 59.5 Å². The minimum absolute atomic E-state index is 0.586. The maximum absolute atomic E-state index is 6.02. The number of rotatable bonds is 4. The lowest BCUT2D eigenvalue weighted by Gasteiger charge is -2.05. The van der Waals surface area contributed by atoms with E-state index in [-0.39, 0.29) is 0 Å². The molecule has 5 nitrogen and oxygen atoms in total. The summed E-state index contributed by atoms with van der Waals surface area (Å²) in [6, 6.07) is 9.42. The number of nitrogens with one attached hydrogen (secondary N) is 2. The topological polar surface area (TPSA) is 66.5 Å². The Morgan fingerprint density at radius 1 is 1.15 bits per heavy atom. The highest BCUT2D eigenvalue weighted by molar-refractivity contribution is 6.30. The van der Waals surface area contributed by atoms with Crippen molar-refractivity contribution in [2.45, 2.75) is 6.54 Å². The van der Waals surface area contributed by atoms with E-state index in [2.05, 4.69) is 25.5 Å². The van der Waals surface area contributed by atoms with Gasteiger partial charge in [-0.2, -0.15) is 5.10 Å². The molecule has 0 aliphatic heterocycles. The first-order chi connectivity index (χ1) is 9.83. The van der Waals surface area contributed by atoms with Crippen LogP contribution in [0.2, 0.25) is 5.02 Å². The number of anilines is 1. The van der Waals surface area contributed by atoms with Gasteiger partial charge in [0.05, 0.1) is 11.9 Å². The lowest BCUT2D eigenvalue weighted by Crippen LogP contribution is -2.03. The molecular formula is C14H12ClN5. The molecule has 6 heteroatoms. The molecule has 0 fully saturated rings. The Bertz CT molecular complexity index is 696. The molecule has 0 unspecified atom stereocenters. The summed E-state index contributed by atoms with van der Waals surface area (Å²) in [7, 11) is 0. The highest BCUT2D eigenvalue weighted by Gasteiger charge is 2.08. The molecule has 0 amide bonds. The standard InChI is InChI=1S/C14H12ClN5/c15-12-4-1-3-10(7-12)13-11(9-19-20-13)8-18-14-16-5-2-6-17-14/h1-7,9H,8H2,(H,19,20)(H,16,17,18). The zero-order valence-electron chi connectivity index (χ0n) is 10.5. The zero-order chi connectivity index (χ0) is 13.8. The van der Waals surface area contributed by atoms with Gasteiger partial charge in [-0.15, -0.1) is 0 Å². The Morgan fingerprint density at radius 2 is 2.00 bits per heavy atom. The van der Waals surface area contributed by atoms with Gasteiger partial charge in [-0.05, 0) is 18.2 Å². The average Bonchev–Trinajstić information content (AvgIpc) is 2.95. The third-order valence-electron chi connectivity index (χ3n) is 2.83. The van der Waals surface area contributed by atoms with Crippen LogP contribution in [0.3, 0.4) is 0 Å². The molecule has 3 aromatic rings. The summed E-state index contributed by atoms with van der Waals surface area (Å²) >= 11 is 6.02. The first-order valence-electron chi connectivity index (χ1n) is 6.12. The third kappa shape index (κ3) is 2.78. The van der Waals surface area contributed by atoms with Crippen molar-refractivity contribution >= 4 is 17.5 Å². The van der Waals surface area contributed by atoms with E-state index < -0.39 is 0 Å². The zero-order valence-corrected chi connectivity index (χ0v) is 11.3. The summed E-state index contributed by atoms with van der Waals surface area (Å²) < 4.78 is 0. The molecular weight excluding hydrogens is 274 g/mol. The second-order valence-corrected chi connectivity index (χ2v) is 4.64. The molecule has 0 aliphatic rings. The molecule has 0 bridgehead atoms. The fourth-order valence-corrected chi connectivity index (χ4v) is 2.09. The van der Waals surface area contributed by atoms with Gasteiger partial charge in [0.1, 0.15) is 0 Å². The van der Waals surface area contributed by atoms with Crippen LogP contribution in [0.1, 0.15) is 5.56 Å². The van der Waals surface area contributed by atoms with Crippen LogP contribution in [0.5, 0.6) is 0 Å². The van der Waals surface area contributed by atoms with E-state index in [9.17, 15) is 0 Å². The molecule has 0 saturated carbocycles. The van der Waals surface area contributed by atoms with E-state index in [4.69, 9.17) is 11.6 Å². The number of H-pyrrole nitrogens is 1. The van der Waals surface area contributed by atoms with Crippen molar-refractivity contribution in [1.82, 2.24) is 20.2 Å². The molecule has 0 spiro atoms. The van der Waals surface area contributed by atoms with Gasteiger partial charge < -0.3 is 5.32 Å². The summed E-state index contributed by atoms with van der Waals surface area (Å²) in [6.07, 6.45) is 5.18. The van der Waals surface area contributed by atoms with E-state index in [1.54, 1.807) is 24.7 Å². The second kappa shape index (κ2) is 5.71. The highest BCUT2D eigenvalue weighted by Crippen LogP contribution is 2.24. The lowest BCUT2D eigenvalue weighted by molar-refractivity contribution is 1.06. The maximum Gasteiger partial charge on any atom is 0.222 e. The van der Waals surface area contributed by atoms with Crippen molar-refractivity contribution in [3.8, 4) is 11.3 Å². The number of aromatic nitrogens is 4. The predicted molar refractivity (Wildman–Crippen MR) is 78.4 cm³/mol. The van der Waals surface area contributed by atoms with Crippen LogP contribution in [0, 0.1) is 0 Å². The van der Waals surface area contributed by atoms with E-state index in [1.165, 1.54) is 0 Å². The number of halogens is 1. The first kappa shape index (κ1) is 12.6. The average molecular weight is 286 g/mol. The number of nitrogens with zero attached hydrogens (tertiary/aromatic N) is 3. The first-order valence-corrected chi connectivity index (χ1v) is 6.50. The molecule has 2 N–H and O–H groups in total. The molecule has 3 rings (SSSR count). The Hall–Kier alpha value is -2.40. The SMILES string of the molecule is Clc1cccc(-c2[nH]ncc2CNc2ncccn2)c1. The van der Waals surface area contributed by atoms with Crippen molar-refractivity contribution < 1.29 is 0 Å². The summed E-state index contributed by atoms with van der Waals surface area (Å²) in [6.45, 7) is 0.586. The second-order valence-electron chi connectivity index (χ2n) is 4.21. The van der Waals surface area contributed by atoms with Crippen LogP contribution in [-0.4, -0.2) is 20.2 Å². The van der Waals surface area contributed by atoms with Crippen molar-refractivity contribution in [2.75, 3.05) is 5.32 Å². The van der Waals surface area contributed by atoms with E-state index in [0.717, 1.165) is 16.8 Å². The minimum Gasteiger partial charge on any atom is -0.350 e. The molecule has 0 atom stereocenters. The Balaban J connectivity index is 1.80. The molecule has 2 aromatic heterocycles. The lowest BCUT2D eigenvalue weighted by atomic mass is 10.1. The van der Waals surface area contributed by atoms with E-state index in [1.807, 2.05) is 24.3 Å². The quantitative estimate of drug-likeness (QED) is 0.773. The summed E-state index contributed by atoms with van der Waals surface area (Å²) in [5.41, 5.74) is 2.97. The van der Waals surface area contributed by atoms with Crippen molar-refractivity contribution in [3.63, 3.8) is 0 Å². The maximum atomic E-state index is 6.02. The monoisotopic (exact) mass is 285 g/mol. The fourth-order valence-electron chi connectivity index (χ4n) is 1.90. The highest BCUT2D eigenvalue weighted by atomic mass is 35.5. The van der Waals surface area contributed by atoms with E-state index >= 15 is 0 Å². The normalized spacial score (nSPS) is 10.4. The van der Waals surface area contributed by atoms with Gasteiger partial charge in [-0.25, -0.2) is 9.97 Å². The summed E-state index contributed by atoms with van der Waals surface area (Å²) in [5.74, 6) is 0.589. The Morgan fingerprint density at radius 3 is 2.80 bits per heavy atom. The van der Waals surface area contributed by atoms with Gasteiger partial charge in [0.2, 0.25) is 5.95 Å². The van der Waals surface area contributed by atoms with Crippen LogP contribution in [-0.2, 0) is 6.54 Å². The van der Waals surface area contributed by atoms with Gasteiger partial charge in [-0.3, -0.25) is 5.10 Å². The molecule has 0 radical (unpaired) electrons. The molecule has 2 heterocycles. The Kier molecular flexibility index (Phi) is 3.60. The summed E-state index contributed by atoms with van der Waals surface area (Å²) in [5, 5.41) is 10.9. The molecule has 1 aromatic carbocycles. The smallest absolute Gasteiger partial charge is 0.222 e. The van der Waals surface area contributed by atoms with Crippen molar-refractivity contribution in [1.29, 1.82) is 0 Å². The predicted octanol–water partition coefficient (Wildman–Crippen LogP) is 3.13. The van der Waals surface area contributed by atoms with Gasteiger partial charge in [0.25, 0.3) is 0 Å². The number of benzene rings is 1. The van der Waals surface area contributed by atoms with E-state index in [0.29, 0.717) is 17.5 Å². The van der Waals surface area contributed by atoms with Crippen LogP contribution in [0.4, 0.5) is 5.95 Å². The number of hydrogen-bond acceptors (Lipinski definition) is 4. The van der Waals surface area contributed by atoms with Gasteiger partial charge in [-0.1, -0.05) is 23.7 Å². The molecule has 0 aliphatic carbocycles. The van der Waals surface area contributed by atoms with Gasteiger partial charge >= 0.3 is 0 Å². The molecule has 20 heavy (non-hydrogen) atoms. The van der Waals surface area contributed by atoms with Crippen molar-refractivity contribution in [2.24, 2.45) is 0 Å². The van der Waals surface area contributed by atoms with Crippen LogP contribution in [0.25, 0.3) is 11.3 Å².